The van der Waals surface area contributed by atoms with Gasteiger partial charge in [0.15, 0.2) is 5.96 Å². The second kappa shape index (κ2) is 7.68. The maximum atomic E-state index is 9.69. The van der Waals surface area contributed by atoms with Crippen molar-refractivity contribution >= 4 is 41.7 Å². The van der Waals surface area contributed by atoms with Crippen LogP contribution in [0.4, 0.5) is 0 Å². The highest BCUT2D eigenvalue weighted by Crippen LogP contribution is 2.25. The lowest BCUT2D eigenvalue weighted by molar-refractivity contribution is 0.136. The Labute approximate surface area is 124 Å². The van der Waals surface area contributed by atoms with E-state index in [0.29, 0.717) is 18.4 Å². The summed E-state index contributed by atoms with van der Waals surface area (Å²) in [4.78, 5) is 6.58. The predicted molar refractivity (Wildman–Crippen MR) is 84.2 cm³/mol. The van der Waals surface area contributed by atoms with Crippen LogP contribution in [0.1, 0.15) is 19.3 Å². The van der Waals surface area contributed by atoms with Crippen molar-refractivity contribution in [3.63, 3.8) is 0 Å². The summed E-state index contributed by atoms with van der Waals surface area (Å²) in [5.41, 5.74) is 5.96. The summed E-state index contributed by atoms with van der Waals surface area (Å²) in [6.07, 6.45) is 2.99. The average molecular weight is 371 g/mol. The molecule has 0 radical (unpaired) electrons. The highest BCUT2D eigenvalue weighted by molar-refractivity contribution is 14.0. The molecule has 17 heavy (non-hydrogen) atoms. The molecule has 0 bridgehead atoms. The lowest BCUT2D eigenvalue weighted by Crippen LogP contribution is -2.43. The molecule has 2 rings (SSSR count). The van der Waals surface area contributed by atoms with Crippen molar-refractivity contribution in [2.24, 2.45) is 16.6 Å². The molecule has 2 fully saturated rings. The summed E-state index contributed by atoms with van der Waals surface area (Å²) in [6.45, 7) is 2.71. The molecule has 1 heterocycles. The molecule has 100 valence electrons. The quantitative estimate of drug-likeness (QED) is 0.434. The van der Waals surface area contributed by atoms with E-state index in [4.69, 9.17) is 5.73 Å². The van der Waals surface area contributed by atoms with Crippen molar-refractivity contribution in [3.8, 4) is 0 Å². The average Bonchev–Trinajstić information content (AvgIpc) is 2.73. The summed E-state index contributed by atoms with van der Waals surface area (Å²) < 4.78 is 0. The number of nitrogens with two attached hydrogens (primary N) is 1. The van der Waals surface area contributed by atoms with E-state index in [9.17, 15) is 5.11 Å². The molecule has 0 aromatic heterocycles. The van der Waals surface area contributed by atoms with Crippen molar-refractivity contribution in [2.45, 2.75) is 25.4 Å². The van der Waals surface area contributed by atoms with Gasteiger partial charge < -0.3 is 15.7 Å². The zero-order chi connectivity index (χ0) is 11.4. The second-order valence-corrected chi connectivity index (χ2v) is 5.78. The molecule has 1 saturated carbocycles. The van der Waals surface area contributed by atoms with Gasteiger partial charge in [0.1, 0.15) is 0 Å². The third kappa shape index (κ3) is 4.48. The number of rotatable bonds is 2. The zero-order valence-electron chi connectivity index (χ0n) is 10.0. The topological polar surface area (TPSA) is 61.9 Å². The van der Waals surface area contributed by atoms with Crippen molar-refractivity contribution in [1.29, 1.82) is 0 Å². The van der Waals surface area contributed by atoms with Crippen LogP contribution in [0.25, 0.3) is 0 Å². The number of hydrogen-bond donors (Lipinski definition) is 2. The van der Waals surface area contributed by atoms with Crippen LogP contribution in [0, 0.1) is 5.92 Å². The summed E-state index contributed by atoms with van der Waals surface area (Å²) in [7, 11) is 0. The van der Waals surface area contributed by atoms with Gasteiger partial charge in [0.25, 0.3) is 0 Å². The molecule has 0 spiro atoms. The molecule has 1 aliphatic carbocycles. The van der Waals surface area contributed by atoms with Crippen molar-refractivity contribution in [1.82, 2.24) is 4.90 Å². The van der Waals surface area contributed by atoms with Gasteiger partial charge in [-0.05, 0) is 12.8 Å². The van der Waals surface area contributed by atoms with Crippen LogP contribution in [-0.2, 0) is 0 Å². The number of aliphatic imine (C=N–C) groups is 1. The highest BCUT2D eigenvalue weighted by Gasteiger charge is 2.25. The lowest BCUT2D eigenvalue weighted by atomic mass is 10.1. The number of thioether (sulfide) groups is 1. The normalized spacial score (nSPS) is 30.2. The van der Waals surface area contributed by atoms with E-state index >= 15 is 0 Å². The molecule has 1 saturated heterocycles. The molecule has 0 aromatic carbocycles. The largest absolute Gasteiger partial charge is 0.393 e. The van der Waals surface area contributed by atoms with E-state index < -0.39 is 0 Å². The smallest absolute Gasteiger partial charge is 0.191 e. The molecule has 2 aliphatic rings. The third-order valence-corrected chi connectivity index (χ3v) is 4.38. The van der Waals surface area contributed by atoms with Crippen LogP contribution in [0.2, 0.25) is 0 Å². The number of aliphatic hydroxyl groups is 1. The maximum Gasteiger partial charge on any atom is 0.191 e. The summed E-state index contributed by atoms with van der Waals surface area (Å²) in [5, 5.41) is 9.69. The van der Waals surface area contributed by atoms with Crippen LogP contribution in [0.5, 0.6) is 0 Å². The Morgan fingerprint density at radius 1 is 1.35 bits per heavy atom. The maximum absolute atomic E-state index is 9.69. The van der Waals surface area contributed by atoms with Gasteiger partial charge in [0.2, 0.25) is 0 Å². The molecule has 2 unspecified atom stereocenters. The van der Waals surface area contributed by atoms with Crippen LogP contribution in [0.15, 0.2) is 4.99 Å². The SMILES string of the molecule is I.NC(=NCC1CCCC1O)N1CCSCC1. The highest BCUT2D eigenvalue weighted by atomic mass is 127. The summed E-state index contributed by atoms with van der Waals surface area (Å²) in [5.74, 6) is 3.28. The van der Waals surface area contributed by atoms with Crippen LogP contribution in [-0.4, -0.2) is 53.2 Å². The Balaban J connectivity index is 0.00000144. The second-order valence-electron chi connectivity index (χ2n) is 4.56. The molecule has 2 atom stereocenters. The fourth-order valence-electron chi connectivity index (χ4n) is 2.33. The molecule has 3 N–H and O–H groups in total. The predicted octanol–water partition coefficient (Wildman–Crippen LogP) is 1.13. The van der Waals surface area contributed by atoms with Crippen molar-refractivity contribution < 1.29 is 5.11 Å². The third-order valence-electron chi connectivity index (χ3n) is 3.44. The van der Waals surface area contributed by atoms with E-state index in [1.54, 1.807) is 0 Å². The van der Waals surface area contributed by atoms with Crippen molar-refractivity contribution in [2.75, 3.05) is 31.1 Å². The van der Waals surface area contributed by atoms with Gasteiger partial charge in [0, 0.05) is 37.1 Å². The van der Waals surface area contributed by atoms with E-state index in [1.807, 2.05) is 11.8 Å². The number of hydrogen-bond acceptors (Lipinski definition) is 3. The zero-order valence-corrected chi connectivity index (χ0v) is 13.2. The van der Waals surface area contributed by atoms with E-state index in [0.717, 1.165) is 43.9 Å². The first kappa shape index (κ1) is 15.4. The van der Waals surface area contributed by atoms with Crippen molar-refractivity contribution in [3.05, 3.63) is 0 Å². The molecule has 0 aromatic rings. The van der Waals surface area contributed by atoms with Crippen LogP contribution < -0.4 is 5.73 Å². The lowest BCUT2D eigenvalue weighted by Gasteiger charge is -2.27. The Morgan fingerprint density at radius 3 is 2.65 bits per heavy atom. The Kier molecular flexibility index (Phi) is 6.94. The van der Waals surface area contributed by atoms with Gasteiger partial charge in [-0.25, -0.2) is 0 Å². The number of halogens is 1. The fourth-order valence-corrected chi connectivity index (χ4v) is 3.24. The summed E-state index contributed by atoms with van der Waals surface area (Å²) >= 11 is 1.97. The fraction of sp³-hybridized carbons (Fsp3) is 0.909. The van der Waals surface area contributed by atoms with Gasteiger partial charge in [0.05, 0.1) is 6.10 Å². The first-order valence-electron chi connectivity index (χ1n) is 6.08. The number of aliphatic hydroxyl groups excluding tert-OH is 1. The molecule has 1 aliphatic heterocycles. The van der Waals surface area contributed by atoms with Crippen LogP contribution in [0.3, 0.4) is 0 Å². The Morgan fingerprint density at radius 2 is 2.06 bits per heavy atom. The molecule has 4 nitrogen and oxygen atoms in total. The van der Waals surface area contributed by atoms with Gasteiger partial charge in [-0.15, -0.1) is 24.0 Å². The van der Waals surface area contributed by atoms with E-state index in [1.165, 1.54) is 0 Å². The summed E-state index contributed by atoms with van der Waals surface area (Å²) in [6, 6.07) is 0. The van der Waals surface area contributed by atoms with Crippen LogP contribution >= 0.6 is 35.7 Å². The van der Waals surface area contributed by atoms with Gasteiger partial charge in [-0.2, -0.15) is 11.8 Å². The van der Waals surface area contributed by atoms with Gasteiger partial charge in [-0.3, -0.25) is 4.99 Å². The number of nitrogens with zero attached hydrogens (tertiary/aromatic N) is 2. The Bertz CT molecular complexity index is 259. The first-order valence-corrected chi connectivity index (χ1v) is 7.23. The van der Waals surface area contributed by atoms with Gasteiger partial charge >= 0.3 is 0 Å². The Hall–Kier alpha value is 0.310. The first-order chi connectivity index (χ1) is 7.77. The minimum Gasteiger partial charge on any atom is -0.393 e. The number of guanidine groups is 1. The van der Waals surface area contributed by atoms with Gasteiger partial charge in [-0.1, -0.05) is 6.42 Å². The molecular weight excluding hydrogens is 349 g/mol. The molecule has 0 amide bonds. The van der Waals surface area contributed by atoms with E-state index in [-0.39, 0.29) is 30.1 Å². The molecule has 6 heteroatoms. The standard InChI is InChI=1S/C11H21N3OS.HI/c12-11(14-4-6-16-7-5-14)13-8-9-2-1-3-10(9)15;/h9-10,15H,1-8H2,(H2,12,13);1H. The molecular formula is C11H22IN3OS. The monoisotopic (exact) mass is 371 g/mol. The van der Waals surface area contributed by atoms with E-state index in [2.05, 4.69) is 9.89 Å². The minimum absolute atomic E-state index is 0. The minimum atomic E-state index is -0.159.